The fourth-order valence-electron chi connectivity index (χ4n) is 5.68. The van der Waals surface area contributed by atoms with Crippen molar-refractivity contribution < 1.29 is 4.79 Å². The molecule has 3 heteroatoms. The summed E-state index contributed by atoms with van der Waals surface area (Å²) in [7, 11) is 0. The standard InChI is InChI=1S/C36H42N2O/c1-25-12-15-32(16-13-25)35(36(39)34-17-14-26(2)22-28(34)4)24-30(6)37-29(5)23-27(3)31-18-20-38(21-19-31)33-10-8-7-9-11-33/h7-17,22,31,35H,3,5,18-21,23-24H2,1-2,4,6H3. The van der Waals surface area contributed by atoms with Gasteiger partial charge in [-0.25, -0.2) is 0 Å². The Kier molecular flexibility index (Phi) is 9.35. The van der Waals surface area contributed by atoms with Crippen LogP contribution in [-0.4, -0.2) is 24.6 Å². The van der Waals surface area contributed by atoms with E-state index in [-0.39, 0.29) is 11.7 Å². The van der Waals surface area contributed by atoms with Crippen LogP contribution in [0.5, 0.6) is 0 Å². The zero-order chi connectivity index (χ0) is 27.9. The van der Waals surface area contributed by atoms with E-state index in [1.54, 1.807) is 0 Å². The van der Waals surface area contributed by atoms with Crippen molar-refractivity contribution >= 4 is 17.2 Å². The number of carbonyl (C=O) groups is 1. The zero-order valence-corrected chi connectivity index (χ0v) is 24.0. The molecule has 0 amide bonds. The lowest BCUT2D eigenvalue weighted by molar-refractivity contribution is 0.0961. The topological polar surface area (TPSA) is 32.7 Å². The zero-order valence-electron chi connectivity index (χ0n) is 24.0. The summed E-state index contributed by atoms with van der Waals surface area (Å²) < 4.78 is 0. The Bertz CT molecular complexity index is 1340. The molecular formula is C36H42N2O. The molecule has 3 aromatic rings. The van der Waals surface area contributed by atoms with E-state index in [1.165, 1.54) is 16.8 Å². The molecule has 1 heterocycles. The fourth-order valence-corrected chi connectivity index (χ4v) is 5.68. The number of benzene rings is 3. The second kappa shape index (κ2) is 12.9. The Morgan fingerprint density at radius 1 is 0.923 bits per heavy atom. The maximum Gasteiger partial charge on any atom is 0.170 e. The first kappa shape index (κ1) is 28.3. The Balaban J connectivity index is 1.41. The van der Waals surface area contributed by atoms with Crippen LogP contribution in [0.4, 0.5) is 5.69 Å². The summed E-state index contributed by atoms with van der Waals surface area (Å²) in [6.45, 7) is 18.9. The molecule has 0 N–H and O–H groups in total. The van der Waals surface area contributed by atoms with Crippen LogP contribution in [0.1, 0.15) is 71.1 Å². The van der Waals surface area contributed by atoms with Crippen molar-refractivity contribution in [2.24, 2.45) is 10.9 Å². The van der Waals surface area contributed by atoms with Crippen molar-refractivity contribution in [2.75, 3.05) is 18.0 Å². The van der Waals surface area contributed by atoms with Crippen molar-refractivity contribution in [1.29, 1.82) is 0 Å². The van der Waals surface area contributed by atoms with E-state index in [0.29, 0.717) is 18.8 Å². The number of piperidine rings is 1. The Hall–Kier alpha value is -3.72. The van der Waals surface area contributed by atoms with Gasteiger partial charge in [0.25, 0.3) is 0 Å². The number of hydrogen-bond acceptors (Lipinski definition) is 3. The summed E-state index contributed by atoms with van der Waals surface area (Å²) >= 11 is 0. The number of nitrogens with zero attached hydrogens (tertiary/aromatic N) is 2. The lowest BCUT2D eigenvalue weighted by Crippen LogP contribution is -2.34. The highest BCUT2D eigenvalue weighted by atomic mass is 16.1. The molecule has 1 saturated heterocycles. The number of allylic oxidation sites excluding steroid dienone is 1. The van der Waals surface area contributed by atoms with Crippen molar-refractivity contribution in [3.8, 4) is 0 Å². The van der Waals surface area contributed by atoms with E-state index in [4.69, 9.17) is 4.99 Å². The van der Waals surface area contributed by atoms with Gasteiger partial charge in [0.2, 0.25) is 0 Å². The summed E-state index contributed by atoms with van der Waals surface area (Å²) in [5, 5.41) is 0. The minimum Gasteiger partial charge on any atom is -0.371 e. The molecule has 39 heavy (non-hydrogen) atoms. The average molecular weight is 519 g/mol. The second-order valence-corrected chi connectivity index (χ2v) is 11.2. The van der Waals surface area contributed by atoms with E-state index < -0.39 is 0 Å². The molecule has 0 radical (unpaired) electrons. The highest BCUT2D eigenvalue weighted by molar-refractivity contribution is 6.04. The minimum atomic E-state index is -0.283. The number of aliphatic imine (C=N–C) groups is 1. The van der Waals surface area contributed by atoms with Crippen LogP contribution in [0.2, 0.25) is 0 Å². The number of hydrogen-bond donors (Lipinski definition) is 0. The SMILES string of the molecule is C=C(CC(=C)C1CCN(c2ccccc2)CC1)N=C(C)CC(C(=O)c1ccc(C)cc1C)c1ccc(C)cc1. The van der Waals surface area contributed by atoms with Crippen molar-refractivity contribution in [1.82, 2.24) is 0 Å². The van der Waals surface area contributed by atoms with Crippen LogP contribution in [0.15, 0.2) is 102 Å². The van der Waals surface area contributed by atoms with Crippen LogP contribution in [0.25, 0.3) is 0 Å². The summed E-state index contributed by atoms with van der Waals surface area (Å²) in [6.07, 6.45) is 3.47. The molecule has 0 aliphatic carbocycles. The molecule has 1 unspecified atom stereocenters. The van der Waals surface area contributed by atoms with Crippen molar-refractivity contribution in [3.05, 3.63) is 125 Å². The molecule has 0 bridgehead atoms. The molecule has 0 saturated carbocycles. The third-order valence-electron chi connectivity index (χ3n) is 7.92. The maximum atomic E-state index is 13.8. The molecule has 3 aromatic carbocycles. The van der Waals surface area contributed by atoms with Crippen molar-refractivity contribution in [3.63, 3.8) is 0 Å². The number of Topliss-reactive ketones (excluding diaryl/α,β-unsaturated/α-hetero) is 1. The Morgan fingerprint density at radius 2 is 1.56 bits per heavy atom. The first-order chi connectivity index (χ1) is 18.7. The molecule has 3 nitrogen and oxygen atoms in total. The van der Waals surface area contributed by atoms with Crippen LogP contribution < -0.4 is 4.90 Å². The van der Waals surface area contributed by atoms with Gasteiger partial charge in [-0.2, -0.15) is 0 Å². The molecule has 1 aliphatic rings. The van der Waals surface area contributed by atoms with E-state index in [1.807, 2.05) is 26.0 Å². The Morgan fingerprint density at radius 3 is 2.21 bits per heavy atom. The summed E-state index contributed by atoms with van der Waals surface area (Å²) in [6, 6.07) is 25.0. The monoisotopic (exact) mass is 518 g/mol. The van der Waals surface area contributed by atoms with Gasteiger partial charge < -0.3 is 4.90 Å². The second-order valence-electron chi connectivity index (χ2n) is 11.2. The van der Waals surface area contributed by atoms with Gasteiger partial charge in [-0.15, -0.1) is 0 Å². The van der Waals surface area contributed by atoms with Gasteiger partial charge in [-0.3, -0.25) is 9.79 Å². The summed E-state index contributed by atoms with van der Waals surface area (Å²) in [5.74, 6) is 0.351. The molecule has 0 aromatic heterocycles. The van der Waals surface area contributed by atoms with Crippen LogP contribution in [-0.2, 0) is 0 Å². The fraction of sp³-hybridized carbons (Fsp3) is 0.333. The lowest BCUT2D eigenvalue weighted by atomic mass is 9.84. The van der Waals surface area contributed by atoms with Crippen LogP contribution in [0.3, 0.4) is 0 Å². The van der Waals surface area contributed by atoms with Crippen LogP contribution >= 0.6 is 0 Å². The number of aryl methyl sites for hydroxylation is 3. The third kappa shape index (κ3) is 7.44. The third-order valence-corrected chi connectivity index (χ3v) is 7.92. The average Bonchev–Trinajstić information content (AvgIpc) is 2.92. The predicted octanol–water partition coefficient (Wildman–Crippen LogP) is 8.81. The smallest absolute Gasteiger partial charge is 0.170 e. The largest absolute Gasteiger partial charge is 0.371 e. The van der Waals surface area contributed by atoms with Gasteiger partial charge in [0.05, 0.1) is 5.92 Å². The molecule has 0 spiro atoms. The van der Waals surface area contributed by atoms with Gasteiger partial charge in [0.15, 0.2) is 5.78 Å². The first-order valence-corrected chi connectivity index (χ1v) is 14.1. The highest BCUT2D eigenvalue weighted by Crippen LogP contribution is 2.31. The van der Waals surface area contributed by atoms with E-state index in [0.717, 1.165) is 59.6 Å². The van der Waals surface area contributed by atoms with E-state index in [9.17, 15) is 4.79 Å². The lowest BCUT2D eigenvalue weighted by Gasteiger charge is -2.34. The van der Waals surface area contributed by atoms with Gasteiger partial charge in [-0.05, 0) is 76.1 Å². The number of ketones is 1. The maximum absolute atomic E-state index is 13.8. The van der Waals surface area contributed by atoms with Gasteiger partial charge in [0.1, 0.15) is 0 Å². The number of rotatable bonds is 10. The normalized spacial score (nSPS) is 15.2. The minimum absolute atomic E-state index is 0.145. The van der Waals surface area contributed by atoms with Crippen molar-refractivity contribution in [2.45, 2.75) is 59.3 Å². The summed E-state index contributed by atoms with van der Waals surface area (Å²) in [5.41, 5.74) is 9.44. The molecule has 4 rings (SSSR count). The number of anilines is 1. The molecule has 1 atom stereocenters. The van der Waals surface area contributed by atoms with Gasteiger partial charge in [-0.1, -0.05) is 90.5 Å². The molecule has 1 aliphatic heterocycles. The molecular weight excluding hydrogens is 476 g/mol. The predicted molar refractivity (Wildman–Crippen MR) is 166 cm³/mol. The summed E-state index contributed by atoms with van der Waals surface area (Å²) in [4.78, 5) is 21.1. The van der Waals surface area contributed by atoms with E-state index in [2.05, 4.69) is 92.6 Å². The van der Waals surface area contributed by atoms with Crippen LogP contribution in [0, 0.1) is 26.7 Å². The van der Waals surface area contributed by atoms with E-state index >= 15 is 0 Å². The van der Waals surface area contributed by atoms with Gasteiger partial charge >= 0.3 is 0 Å². The number of para-hydroxylation sites is 1. The highest BCUT2D eigenvalue weighted by Gasteiger charge is 2.25. The Labute approximate surface area is 235 Å². The molecule has 1 fully saturated rings. The quantitative estimate of drug-likeness (QED) is 0.153. The number of carbonyl (C=O) groups excluding carboxylic acids is 1. The van der Waals surface area contributed by atoms with Gasteiger partial charge in [0, 0.05) is 42.2 Å². The molecule has 202 valence electrons. The first-order valence-electron chi connectivity index (χ1n) is 14.1.